The molecule has 1 amide bonds. The van der Waals surface area contributed by atoms with Gasteiger partial charge < -0.3 is 10.1 Å². The third kappa shape index (κ3) is 3.88. The quantitative estimate of drug-likeness (QED) is 0.383. The van der Waals surface area contributed by atoms with Gasteiger partial charge in [0.15, 0.2) is 10.8 Å². The van der Waals surface area contributed by atoms with Gasteiger partial charge in [0, 0.05) is 17.1 Å². The van der Waals surface area contributed by atoms with Gasteiger partial charge in [0.05, 0.1) is 17.9 Å². The number of rotatable bonds is 6. The summed E-state index contributed by atoms with van der Waals surface area (Å²) in [5.41, 5.74) is 2.28. The van der Waals surface area contributed by atoms with Crippen molar-refractivity contribution >= 4 is 39.9 Å². The van der Waals surface area contributed by atoms with Gasteiger partial charge in [-0.3, -0.25) is 4.79 Å². The lowest BCUT2D eigenvalue weighted by Crippen LogP contribution is -2.25. The number of hydrogen-bond donors (Lipinski definition) is 1. The summed E-state index contributed by atoms with van der Waals surface area (Å²) >= 11 is 1.39. The number of carbonyl (C=O) groups excluding carboxylic acids is 1. The van der Waals surface area contributed by atoms with Crippen LogP contribution < -0.4 is 10.1 Å². The molecular formula is C21H21N5O2S. The Kier molecular flexibility index (Phi) is 5.35. The second-order valence-corrected chi connectivity index (χ2v) is 7.71. The molecule has 0 saturated carbocycles. The van der Waals surface area contributed by atoms with E-state index in [-0.39, 0.29) is 11.2 Å². The molecule has 0 bridgehead atoms. The molecule has 0 radical (unpaired) electrons. The molecule has 8 heteroatoms. The molecule has 2 aromatic carbocycles. The Morgan fingerprint density at radius 2 is 2.03 bits per heavy atom. The van der Waals surface area contributed by atoms with Crippen LogP contribution in [0, 0.1) is 6.92 Å². The molecule has 4 aromatic rings. The van der Waals surface area contributed by atoms with E-state index in [4.69, 9.17) is 9.72 Å². The Balaban J connectivity index is 1.65. The second-order valence-electron chi connectivity index (χ2n) is 6.54. The first-order valence-electron chi connectivity index (χ1n) is 9.32. The maximum atomic E-state index is 12.9. The average Bonchev–Trinajstić information content (AvgIpc) is 3.14. The van der Waals surface area contributed by atoms with Crippen LogP contribution in [0.4, 0.5) is 5.69 Å². The molecular weight excluding hydrogens is 386 g/mol. The highest BCUT2D eigenvalue weighted by molar-refractivity contribution is 8.00. The highest BCUT2D eigenvalue weighted by atomic mass is 32.2. The predicted molar refractivity (Wildman–Crippen MR) is 115 cm³/mol. The highest BCUT2D eigenvalue weighted by Crippen LogP contribution is 2.29. The maximum Gasteiger partial charge on any atom is 0.237 e. The van der Waals surface area contributed by atoms with E-state index < -0.39 is 0 Å². The van der Waals surface area contributed by atoms with E-state index in [1.165, 1.54) is 11.8 Å². The summed E-state index contributed by atoms with van der Waals surface area (Å²) in [4.78, 5) is 22.2. The van der Waals surface area contributed by atoms with Gasteiger partial charge in [-0.15, -0.1) is 5.10 Å². The SMILES string of the molecule is CCC(Sc1nc2ccccc2c2nc(C)nn12)C(=O)Nc1cccc(OC)c1. The van der Waals surface area contributed by atoms with Gasteiger partial charge in [0.2, 0.25) is 5.91 Å². The average molecular weight is 407 g/mol. The fourth-order valence-corrected chi connectivity index (χ4v) is 4.05. The van der Waals surface area contributed by atoms with Gasteiger partial charge in [-0.25, -0.2) is 9.97 Å². The summed E-state index contributed by atoms with van der Waals surface area (Å²) in [6.07, 6.45) is 0.643. The van der Waals surface area contributed by atoms with Crippen molar-refractivity contribution in [3.05, 3.63) is 54.4 Å². The summed E-state index contributed by atoms with van der Waals surface area (Å²) in [5.74, 6) is 1.27. The van der Waals surface area contributed by atoms with Gasteiger partial charge in [-0.05, 0) is 37.6 Å². The third-order valence-electron chi connectivity index (χ3n) is 4.50. The summed E-state index contributed by atoms with van der Waals surface area (Å²) in [6, 6.07) is 15.1. The molecule has 0 saturated heterocycles. The largest absolute Gasteiger partial charge is 0.497 e. The summed E-state index contributed by atoms with van der Waals surface area (Å²) < 4.78 is 6.95. The van der Waals surface area contributed by atoms with Gasteiger partial charge in [-0.2, -0.15) is 4.52 Å². The summed E-state index contributed by atoms with van der Waals surface area (Å²) in [7, 11) is 1.60. The lowest BCUT2D eigenvalue weighted by atomic mass is 10.2. The zero-order valence-corrected chi connectivity index (χ0v) is 17.2. The normalized spacial score (nSPS) is 12.2. The van der Waals surface area contributed by atoms with E-state index in [1.807, 2.05) is 56.3 Å². The van der Waals surface area contributed by atoms with Gasteiger partial charge in [0.25, 0.3) is 0 Å². The van der Waals surface area contributed by atoms with E-state index in [0.717, 1.165) is 16.6 Å². The number of ether oxygens (including phenoxy) is 1. The standard InChI is InChI=1S/C21H21N5O2S/c1-4-18(20(27)23-14-8-7-9-15(12-14)28-3)29-21-24-17-11-6-5-10-16(17)19-22-13(2)25-26(19)21/h5-12,18H,4H2,1-3H3,(H,23,27). The zero-order valence-electron chi connectivity index (χ0n) is 16.4. The number of nitrogens with one attached hydrogen (secondary N) is 1. The van der Waals surface area contributed by atoms with Crippen molar-refractivity contribution in [1.82, 2.24) is 19.6 Å². The van der Waals surface area contributed by atoms with Gasteiger partial charge in [-0.1, -0.05) is 36.9 Å². The molecule has 0 aliphatic carbocycles. The molecule has 0 aliphatic rings. The lowest BCUT2D eigenvalue weighted by Gasteiger charge is -2.15. The predicted octanol–water partition coefficient (Wildman–Crippen LogP) is 4.10. The fourth-order valence-electron chi connectivity index (χ4n) is 3.08. The maximum absolute atomic E-state index is 12.9. The smallest absolute Gasteiger partial charge is 0.237 e. The summed E-state index contributed by atoms with van der Waals surface area (Å²) in [5, 5.41) is 8.71. The van der Waals surface area contributed by atoms with Gasteiger partial charge in [0.1, 0.15) is 11.6 Å². The van der Waals surface area contributed by atoms with E-state index in [1.54, 1.807) is 17.7 Å². The number of nitrogens with zero attached hydrogens (tertiary/aromatic N) is 4. The van der Waals surface area contributed by atoms with Crippen molar-refractivity contribution in [3.8, 4) is 5.75 Å². The summed E-state index contributed by atoms with van der Waals surface area (Å²) in [6.45, 7) is 3.83. The number of aryl methyl sites for hydroxylation is 1. The van der Waals surface area contributed by atoms with Crippen LogP contribution in [0.25, 0.3) is 16.6 Å². The first-order chi connectivity index (χ1) is 14.1. The molecule has 7 nitrogen and oxygen atoms in total. The first-order valence-corrected chi connectivity index (χ1v) is 10.2. The molecule has 1 N–H and O–H groups in total. The van der Waals surface area contributed by atoms with E-state index in [2.05, 4.69) is 15.4 Å². The minimum absolute atomic E-state index is 0.0919. The third-order valence-corrected chi connectivity index (χ3v) is 5.81. The van der Waals surface area contributed by atoms with Crippen LogP contribution >= 0.6 is 11.8 Å². The van der Waals surface area contributed by atoms with Crippen molar-refractivity contribution in [2.24, 2.45) is 0 Å². The number of carbonyl (C=O) groups is 1. The second kappa shape index (κ2) is 8.08. The monoisotopic (exact) mass is 407 g/mol. The van der Waals surface area contributed by atoms with E-state index in [0.29, 0.717) is 28.8 Å². The number of anilines is 1. The van der Waals surface area contributed by atoms with Crippen molar-refractivity contribution in [2.45, 2.75) is 30.7 Å². The Bertz CT molecular complexity index is 1190. The lowest BCUT2D eigenvalue weighted by molar-refractivity contribution is -0.115. The van der Waals surface area contributed by atoms with E-state index >= 15 is 0 Å². The number of thioether (sulfide) groups is 1. The number of fused-ring (bicyclic) bond motifs is 3. The Morgan fingerprint density at radius 1 is 1.21 bits per heavy atom. The van der Waals surface area contributed by atoms with Crippen LogP contribution in [0.5, 0.6) is 5.75 Å². The van der Waals surface area contributed by atoms with Crippen molar-refractivity contribution in [3.63, 3.8) is 0 Å². The molecule has 1 unspecified atom stereocenters. The Labute approximate surface area is 172 Å². The molecule has 0 aliphatic heterocycles. The number of para-hydroxylation sites is 1. The number of benzene rings is 2. The van der Waals surface area contributed by atoms with E-state index in [9.17, 15) is 4.79 Å². The van der Waals surface area contributed by atoms with Gasteiger partial charge >= 0.3 is 0 Å². The number of aromatic nitrogens is 4. The van der Waals surface area contributed by atoms with Crippen LogP contribution in [0.3, 0.4) is 0 Å². The number of hydrogen-bond acceptors (Lipinski definition) is 6. The molecule has 2 aromatic heterocycles. The Hall–Kier alpha value is -3.13. The van der Waals surface area contributed by atoms with Crippen molar-refractivity contribution < 1.29 is 9.53 Å². The highest BCUT2D eigenvalue weighted by Gasteiger charge is 2.22. The molecule has 0 fully saturated rings. The minimum atomic E-state index is -0.331. The molecule has 1 atom stereocenters. The van der Waals surface area contributed by atoms with Crippen LogP contribution in [-0.2, 0) is 4.79 Å². The Morgan fingerprint density at radius 3 is 2.83 bits per heavy atom. The number of amides is 1. The molecule has 0 spiro atoms. The van der Waals surface area contributed by atoms with Crippen LogP contribution in [-0.4, -0.2) is 37.8 Å². The van der Waals surface area contributed by atoms with Crippen LogP contribution in [0.15, 0.2) is 53.7 Å². The number of methoxy groups -OCH3 is 1. The fraction of sp³-hybridized carbons (Fsp3) is 0.238. The van der Waals surface area contributed by atoms with Crippen LogP contribution in [0.2, 0.25) is 0 Å². The first kappa shape index (κ1) is 19.2. The topological polar surface area (TPSA) is 81.4 Å². The molecule has 2 heterocycles. The molecule has 148 valence electrons. The van der Waals surface area contributed by atoms with Crippen molar-refractivity contribution in [1.29, 1.82) is 0 Å². The zero-order chi connectivity index (χ0) is 20.4. The molecule has 4 rings (SSSR count). The van der Waals surface area contributed by atoms with Crippen LogP contribution in [0.1, 0.15) is 19.2 Å². The van der Waals surface area contributed by atoms with Crippen molar-refractivity contribution in [2.75, 3.05) is 12.4 Å². The minimum Gasteiger partial charge on any atom is -0.497 e. The molecule has 29 heavy (non-hydrogen) atoms.